The van der Waals surface area contributed by atoms with E-state index in [0.717, 1.165) is 5.56 Å². The van der Waals surface area contributed by atoms with Crippen molar-refractivity contribution < 1.29 is 9.59 Å². The van der Waals surface area contributed by atoms with E-state index in [1.54, 1.807) is 17.2 Å². The van der Waals surface area contributed by atoms with E-state index in [1.165, 1.54) is 10.6 Å². The molecule has 0 unspecified atom stereocenters. The summed E-state index contributed by atoms with van der Waals surface area (Å²) in [4.78, 5) is 38.8. The zero-order valence-corrected chi connectivity index (χ0v) is 14.1. The Kier molecular flexibility index (Phi) is 4.97. The topological polar surface area (TPSA) is 71.4 Å². The summed E-state index contributed by atoms with van der Waals surface area (Å²) >= 11 is 0. The molecule has 1 aromatic carbocycles. The van der Waals surface area contributed by atoms with Gasteiger partial charge >= 0.3 is 0 Å². The maximum atomic E-state index is 12.9. The molecule has 25 heavy (non-hydrogen) atoms. The number of nitrogens with one attached hydrogen (secondary N) is 1. The number of pyridine rings is 1. The van der Waals surface area contributed by atoms with Crippen molar-refractivity contribution in [1.29, 1.82) is 0 Å². The van der Waals surface area contributed by atoms with Crippen LogP contribution in [0.3, 0.4) is 0 Å². The minimum Gasteiger partial charge on any atom is -0.353 e. The SMILES string of the molecule is CCn1ccc(C(=O)N2CCNC(=O)[C@@H]2Cc2ccccc2)cc1=O. The second-order valence-electron chi connectivity index (χ2n) is 6.03. The number of piperazine rings is 1. The van der Waals surface area contributed by atoms with Crippen LogP contribution >= 0.6 is 0 Å². The third kappa shape index (κ3) is 3.63. The average Bonchev–Trinajstić information content (AvgIpc) is 2.63. The number of hydrogen-bond acceptors (Lipinski definition) is 3. The van der Waals surface area contributed by atoms with E-state index in [-0.39, 0.29) is 17.4 Å². The highest BCUT2D eigenvalue weighted by atomic mass is 16.2. The van der Waals surface area contributed by atoms with Crippen LogP contribution in [-0.2, 0) is 17.8 Å². The van der Waals surface area contributed by atoms with Crippen LogP contribution in [0.4, 0.5) is 0 Å². The van der Waals surface area contributed by atoms with E-state index in [1.807, 2.05) is 37.3 Å². The van der Waals surface area contributed by atoms with Gasteiger partial charge in [-0.15, -0.1) is 0 Å². The molecule has 0 spiro atoms. The van der Waals surface area contributed by atoms with E-state index < -0.39 is 6.04 Å². The van der Waals surface area contributed by atoms with Gasteiger partial charge in [0.15, 0.2) is 0 Å². The maximum absolute atomic E-state index is 12.9. The van der Waals surface area contributed by atoms with E-state index in [0.29, 0.717) is 31.6 Å². The molecule has 0 bridgehead atoms. The highest BCUT2D eigenvalue weighted by molar-refractivity contribution is 5.98. The van der Waals surface area contributed by atoms with Gasteiger partial charge in [-0.05, 0) is 18.6 Å². The van der Waals surface area contributed by atoms with Crippen molar-refractivity contribution in [1.82, 2.24) is 14.8 Å². The number of aromatic nitrogens is 1. The summed E-state index contributed by atoms with van der Waals surface area (Å²) in [6.45, 7) is 3.27. The lowest BCUT2D eigenvalue weighted by atomic mass is 10.0. The van der Waals surface area contributed by atoms with Gasteiger partial charge in [-0.2, -0.15) is 0 Å². The fourth-order valence-corrected chi connectivity index (χ4v) is 3.07. The summed E-state index contributed by atoms with van der Waals surface area (Å²) in [6.07, 6.45) is 2.07. The fourth-order valence-electron chi connectivity index (χ4n) is 3.07. The number of rotatable bonds is 4. The maximum Gasteiger partial charge on any atom is 0.254 e. The molecule has 2 aromatic rings. The Morgan fingerprint density at radius 3 is 2.64 bits per heavy atom. The van der Waals surface area contributed by atoms with Crippen molar-refractivity contribution >= 4 is 11.8 Å². The van der Waals surface area contributed by atoms with Gasteiger partial charge in [0.05, 0.1) is 0 Å². The number of carbonyl (C=O) groups is 2. The van der Waals surface area contributed by atoms with Crippen LogP contribution in [0.25, 0.3) is 0 Å². The molecule has 1 aliphatic rings. The van der Waals surface area contributed by atoms with Gasteiger partial charge in [0.25, 0.3) is 11.5 Å². The number of amides is 2. The Bertz CT molecular complexity index is 829. The monoisotopic (exact) mass is 339 g/mol. The van der Waals surface area contributed by atoms with Crippen LogP contribution in [0.15, 0.2) is 53.5 Å². The summed E-state index contributed by atoms with van der Waals surface area (Å²) < 4.78 is 1.53. The van der Waals surface area contributed by atoms with Crippen molar-refractivity contribution in [3.63, 3.8) is 0 Å². The molecular formula is C19H21N3O3. The third-order valence-corrected chi connectivity index (χ3v) is 4.45. The molecule has 1 aliphatic heterocycles. The molecule has 0 aliphatic carbocycles. The summed E-state index contributed by atoms with van der Waals surface area (Å²) in [5.74, 6) is -0.443. The van der Waals surface area contributed by atoms with E-state index in [9.17, 15) is 14.4 Å². The molecular weight excluding hydrogens is 318 g/mol. The summed E-state index contributed by atoms with van der Waals surface area (Å²) in [5, 5.41) is 2.82. The summed E-state index contributed by atoms with van der Waals surface area (Å²) in [5.41, 5.74) is 1.10. The van der Waals surface area contributed by atoms with E-state index in [4.69, 9.17) is 0 Å². The quantitative estimate of drug-likeness (QED) is 0.905. The molecule has 6 nitrogen and oxygen atoms in total. The van der Waals surface area contributed by atoms with Crippen molar-refractivity contribution in [3.8, 4) is 0 Å². The first-order chi connectivity index (χ1) is 12.1. The molecule has 2 amide bonds. The van der Waals surface area contributed by atoms with Gasteiger partial charge in [-0.25, -0.2) is 0 Å². The first-order valence-corrected chi connectivity index (χ1v) is 8.43. The lowest BCUT2D eigenvalue weighted by Crippen LogP contribution is -2.58. The average molecular weight is 339 g/mol. The number of nitrogens with zero attached hydrogens (tertiary/aromatic N) is 2. The Hall–Kier alpha value is -2.89. The zero-order valence-electron chi connectivity index (χ0n) is 14.1. The minimum atomic E-state index is -0.572. The number of benzene rings is 1. The molecule has 1 saturated heterocycles. The number of carbonyl (C=O) groups excluding carboxylic acids is 2. The van der Waals surface area contributed by atoms with E-state index >= 15 is 0 Å². The van der Waals surface area contributed by atoms with Crippen LogP contribution in [0.5, 0.6) is 0 Å². The number of aryl methyl sites for hydroxylation is 1. The Morgan fingerprint density at radius 1 is 1.20 bits per heavy atom. The Labute approximate surface area is 146 Å². The molecule has 3 rings (SSSR count). The first-order valence-electron chi connectivity index (χ1n) is 8.43. The predicted molar refractivity (Wildman–Crippen MR) is 94.4 cm³/mol. The molecule has 1 atom stereocenters. The normalized spacial score (nSPS) is 17.2. The van der Waals surface area contributed by atoms with Crippen LogP contribution in [0.1, 0.15) is 22.8 Å². The molecule has 2 heterocycles. The smallest absolute Gasteiger partial charge is 0.254 e. The molecule has 6 heteroatoms. The zero-order chi connectivity index (χ0) is 17.8. The lowest BCUT2D eigenvalue weighted by Gasteiger charge is -2.35. The van der Waals surface area contributed by atoms with Crippen LogP contribution in [0.2, 0.25) is 0 Å². The second kappa shape index (κ2) is 7.34. The lowest BCUT2D eigenvalue weighted by molar-refractivity contribution is -0.127. The predicted octanol–water partition coefficient (Wildman–Crippen LogP) is 1.05. The Balaban J connectivity index is 1.87. The molecule has 130 valence electrons. The number of hydrogen-bond donors (Lipinski definition) is 1. The molecule has 1 N–H and O–H groups in total. The highest BCUT2D eigenvalue weighted by Crippen LogP contribution is 2.15. The molecule has 0 radical (unpaired) electrons. The molecule has 1 fully saturated rings. The van der Waals surface area contributed by atoms with E-state index in [2.05, 4.69) is 5.32 Å². The van der Waals surface area contributed by atoms with Gasteiger partial charge in [-0.3, -0.25) is 14.4 Å². The van der Waals surface area contributed by atoms with Gasteiger partial charge in [0.1, 0.15) is 6.04 Å². The van der Waals surface area contributed by atoms with Gasteiger partial charge in [-0.1, -0.05) is 30.3 Å². The summed E-state index contributed by atoms with van der Waals surface area (Å²) in [6, 6.07) is 12.0. The van der Waals surface area contributed by atoms with Crippen molar-refractivity contribution in [2.45, 2.75) is 25.9 Å². The van der Waals surface area contributed by atoms with Gasteiger partial charge < -0.3 is 14.8 Å². The highest BCUT2D eigenvalue weighted by Gasteiger charge is 2.33. The fraction of sp³-hybridized carbons (Fsp3) is 0.316. The Morgan fingerprint density at radius 2 is 1.96 bits per heavy atom. The summed E-state index contributed by atoms with van der Waals surface area (Å²) in [7, 11) is 0. The minimum absolute atomic E-state index is 0.162. The van der Waals surface area contributed by atoms with Crippen LogP contribution < -0.4 is 10.9 Å². The first kappa shape index (κ1) is 17.0. The van der Waals surface area contributed by atoms with Gasteiger partial charge in [0, 0.05) is 43.9 Å². The molecule has 0 saturated carbocycles. The standard InChI is InChI=1S/C19H21N3O3/c1-2-21-10-8-15(13-17(21)23)19(25)22-11-9-20-18(24)16(22)12-14-6-4-3-5-7-14/h3-8,10,13,16H,2,9,11-12H2,1H3,(H,20,24)/t16-/m0/s1. The van der Waals surface area contributed by atoms with Crippen LogP contribution in [0, 0.1) is 0 Å². The van der Waals surface area contributed by atoms with Gasteiger partial charge in [0.2, 0.25) is 5.91 Å². The third-order valence-electron chi connectivity index (χ3n) is 4.45. The van der Waals surface area contributed by atoms with Crippen molar-refractivity contribution in [2.24, 2.45) is 0 Å². The molecule has 1 aromatic heterocycles. The van der Waals surface area contributed by atoms with Crippen molar-refractivity contribution in [2.75, 3.05) is 13.1 Å². The van der Waals surface area contributed by atoms with Crippen LogP contribution in [-0.4, -0.2) is 40.4 Å². The van der Waals surface area contributed by atoms with Crippen molar-refractivity contribution in [3.05, 3.63) is 70.1 Å². The largest absolute Gasteiger partial charge is 0.353 e. The second-order valence-corrected chi connectivity index (χ2v) is 6.03.